The molecule has 100 valence electrons. The van der Waals surface area contributed by atoms with Gasteiger partial charge in [0.05, 0.1) is 16.1 Å². The second-order valence-corrected chi connectivity index (χ2v) is 5.30. The number of carbonyl (C=O) groups excluding carboxylic acids is 1. The van der Waals surface area contributed by atoms with Gasteiger partial charge in [-0.25, -0.2) is 0 Å². The first-order chi connectivity index (χ1) is 8.80. The van der Waals surface area contributed by atoms with Gasteiger partial charge >= 0.3 is 6.18 Å². The second kappa shape index (κ2) is 4.70. The molecule has 0 radical (unpaired) electrons. The van der Waals surface area contributed by atoms with Crippen molar-refractivity contribution >= 4 is 22.1 Å². The molecule has 0 atom stereocenters. The molecule has 0 spiro atoms. The van der Waals surface area contributed by atoms with Crippen LogP contribution in [0.4, 0.5) is 18.2 Å². The standard InChI is InChI=1S/C13H10F3NOS/c1-7-6-9(12(17)19-7)11(18)8-4-2-3-5-10(8)13(14,15)16/h2-6H,17H2,1H3. The summed E-state index contributed by atoms with van der Waals surface area (Å²) in [4.78, 5) is 13.0. The molecular weight excluding hydrogens is 275 g/mol. The maximum Gasteiger partial charge on any atom is 0.417 e. The second-order valence-electron chi connectivity index (χ2n) is 4.01. The SMILES string of the molecule is Cc1cc(C(=O)c2ccccc2C(F)(F)F)c(N)s1. The van der Waals surface area contributed by atoms with Gasteiger partial charge in [0.15, 0.2) is 5.78 Å². The number of benzene rings is 1. The van der Waals surface area contributed by atoms with E-state index >= 15 is 0 Å². The Labute approximate surface area is 111 Å². The summed E-state index contributed by atoms with van der Waals surface area (Å²) >= 11 is 1.18. The molecular formula is C13H10F3NOS. The van der Waals surface area contributed by atoms with E-state index in [2.05, 4.69) is 0 Å². The smallest absolute Gasteiger partial charge is 0.390 e. The molecule has 0 unspecified atom stereocenters. The van der Waals surface area contributed by atoms with E-state index in [-0.39, 0.29) is 16.1 Å². The van der Waals surface area contributed by atoms with Gasteiger partial charge < -0.3 is 5.73 Å². The number of ketones is 1. The Balaban J connectivity index is 2.54. The molecule has 2 nitrogen and oxygen atoms in total. The van der Waals surface area contributed by atoms with Crippen molar-refractivity contribution in [3.05, 3.63) is 51.9 Å². The highest BCUT2D eigenvalue weighted by atomic mass is 32.1. The van der Waals surface area contributed by atoms with Crippen LogP contribution in [0.25, 0.3) is 0 Å². The van der Waals surface area contributed by atoms with Crippen LogP contribution in [0.5, 0.6) is 0 Å². The predicted molar refractivity (Wildman–Crippen MR) is 68.3 cm³/mol. The van der Waals surface area contributed by atoms with Gasteiger partial charge in [0.25, 0.3) is 0 Å². The Kier molecular flexibility index (Phi) is 3.36. The number of nitrogens with two attached hydrogens (primary N) is 1. The largest absolute Gasteiger partial charge is 0.417 e. The van der Waals surface area contributed by atoms with Gasteiger partial charge in [-0.15, -0.1) is 11.3 Å². The highest BCUT2D eigenvalue weighted by Gasteiger charge is 2.35. The Bertz CT molecular complexity index is 631. The maximum absolute atomic E-state index is 12.8. The van der Waals surface area contributed by atoms with Crippen molar-refractivity contribution in [3.8, 4) is 0 Å². The summed E-state index contributed by atoms with van der Waals surface area (Å²) in [6.45, 7) is 1.74. The zero-order valence-corrected chi connectivity index (χ0v) is 10.7. The normalized spacial score (nSPS) is 11.6. The van der Waals surface area contributed by atoms with Crippen molar-refractivity contribution in [1.82, 2.24) is 0 Å². The van der Waals surface area contributed by atoms with Crippen molar-refractivity contribution in [3.63, 3.8) is 0 Å². The summed E-state index contributed by atoms with van der Waals surface area (Å²) in [6, 6.07) is 6.22. The molecule has 0 saturated heterocycles. The van der Waals surface area contributed by atoms with E-state index in [0.29, 0.717) is 0 Å². The van der Waals surface area contributed by atoms with Crippen LogP contribution >= 0.6 is 11.3 Å². The van der Waals surface area contributed by atoms with E-state index in [1.807, 2.05) is 0 Å². The summed E-state index contributed by atoms with van der Waals surface area (Å²) < 4.78 is 38.5. The maximum atomic E-state index is 12.8. The van der Waals surface area contributed by atoms with E-state index in [0.717, 1.165) is 17.0 Å². The van der Waals surface area contributed by atoms with E-state index in [4.69, 9.17) is 5.73 Å². The van der Waals surface area contributed by atoms with Crippen LogP contribution in [-0.2, 0) is 6.18 Å². The molecule has 1 aromatic carbocycles. The highest BCUT2D eigenvalue weighted by Crippen LogP contribution is 2.34. The van der Waals surface area contributed by atoms with Crippen molar-refractivity contribution in [1.29, 1.82) is 0 Å². The van der Waals surface area contributed by atoms with Gasteiger partial charge in [-0.2, -0.15) is 13.2 Å². The number of alkyl halides is 3. The fourth-order valence-electron chi connectivity index (χ4n) is 1.78. The van der Waals surface area contributed by atoms with Crippen molar-refractivity contribution in [2.24, 2.45) is 0 Å². The molecule has 0 amide bonds. The molecule has 0 bridgehead atoms. The van der Waals surface area contributed by atoms with Crippen molar-refractivity contribution < 1.29 is 18.0 Å². The van der Waals surface area contributed by atoms with Gasteiger partial charge in [0.2, 0.25) is 0 Å². The van der Waals surface area contributed by atoms with Crippen molar-refractivity contribution in [2.45, 2.75) is 13.1 Å². The quantitative estimate of drug-likeness (QED) is 0.851. The molecule has 2 N–H and O–H groups in total. The summed E-state index contributed by atoms with van der Waals surface area (Å²) in [6.07, 6.45) is -4.56. The number of hydrogen-bond acceptors (Lipinski definition) is 3. The Hall–Kier alpha value is -1.82. The zero-order chi connectivity index (χ0) is 14.2. The van der Waals surface area contributed by atoms with E-state index in [1.54, 1.807) is 6.92 Å². The number of anilines is 1. The lowest BCUT2D eigenvalue weighted by molar-refractivity contribution is -0.137. The zero-order valence-electron chi connectivity index (χ0n) is 9.91. The number of carbonyl (C=O) groups is 1. The lowest BCUT2D eigenvalue weighted by Gasteiger charge is -2.11. The fraction of sp³-hybridized carbons (Fsp3) is 0.154. The van der Waals surface area contributed by atoms with Gasteiger partial charge in [-0.3, -0.25) is 4.79 Å². The number of halogens is 3. The molecule has 1 heterocycles. The summed E-state index contributed by atoms with van der Waals surface area (Å²) in [7, 11) is 0. The lowest BCUT2D eigenvalue weighted by Crippen LogP contribution is -2.14. The molecule has 2 rings (SSSR count). The van der Waals surface area contributed by atoms with E-state index in [9.17, 15) is 18.0 Å². The fourth-order valence-corrected chi connectivity index (χ4v) is 2.57. The lowest BCUT2D eigenvalue weighted by atomic mass is 9.99. The van der Waals surface area contributed by atoms with Gasteiger partial charge in [0.1, 0.15) is 0 Å². The summed E-state index contributed by atoms with van der Waals surface area (Å²) in [5.41, 5.74) is 4.46. The topological polar surface area (TPSA) is 43.1 Å². The molecule has 0 fully saturated rings. The highest BCUT2D eigenvalue weighted by molar-refractivity contribution is 7.16. The molecule has 1 aromatic heterocycles. The number of thiophene rings is 1. The van der Waals surface area contributed by atoms with Crippen LogP contribution in [0.1, 0.15) is 26.4 Å². The van der Waals surface area contributed by atoms with Gasteiger partial charge in [-0.05, 0) is 19.1 Å². The first-order valence-corrected chi connectivity index (χ1v) is 6.19. The van der Waals surface area contributed by atoms with E-state index < -0.39 is 17.5 Å². The molecule has 2 aromatic rings. The number of nitrogen functional groups attached to an aromatic ring is 1. The molecule has 0 aliphatic carbocycles. The molecule has 0 aliphatic rings. The number of hydrogen-bond donors (Lipinski definition) is 1. The minimum atomic E-state index is -4.56. The molecule has 0 aliphatic heterocycles. The number of aryl methyl sites for hydroxylation is 1. The first-order valence-electron chi connectivity index (χ1n) is 5.37. The van der Waals surface area contributed by atoms with Gasteiger partial charge in [-0.1, -0.05) is 18.2 Å². The van der Waals surface area contributed by atoms with Crippen LogP contribution < -0.4 is 5.73 Å². The third-order valence-corrected chi connectivity index (χ3v) is 3.49. The van der Waals surface area contributed by atoms with Crippen LogP contribution in [0.15, 0.2) is 30.3 Å². The van der Waals surface area contributed by atoms with Gasteiger partial charge in [0, 0.05) is 10.4 Å². The minimum absolute atomic E-state index is 0.124. The molecule has 6 heteroatoms. The molecule has 19 heavy (non-hydrogen) atoms. The van der Waals surface area contributed by atoms with E-state index in [1.165, 1.54) is 29.5 Å². The van der Waals surface area contributed by atoms with Crippen LogP contribution in [0.2, 0.25) is 0 Å². The molecule has 0 saturated carbocycles. The average Bonchev–Trinajstić information content (AvgIpc) is 2.66. The number of rotatable bonds is 2. The third kappa shape index (κ3) is 2.63. The minimum Gasteiger partial charge on any atom is -0.390 e. The Morgan fingerprint density at radius 3 is 2.37 bits per heavy atom. The van der Waals surface area contributed by atoms with Crippen LogP contribution in [0, 0.1) is 6.92 Å². The summed E-state index contributed by atoms with van der Waals surface area (Å²) in [5, 5.41) is 0.236. The third-order valence-electron chi connectivity index (χ3n) is 2.61. The van der Waals surface area contributed by atoms with Crippen LogP contribution in [-0.4, -0.2) is 5.78 Å². The predicted octanol–water partition coefficient (Wildman–Crippen LogP) is 3.89. The monoisotopic (exact) mass is 285 g/mol. The summed E-state index contributed by atoms with van der Waals surface area (Å²) in [5.74, 6) is -0.699. The van der Waals surface area contributed by atoms with Crippen LogP contribution in [0.3, 0.4) is 0 Å². The average molecular weight is 285 g/mol. The Morgan fingerprint density at radius 2 is 1.84 bits per heavy atom. The van der Waals surface area contributed by atoms with Crippen molar-refractivity contribution in [2.75, 3.05) is 5.73 Å². The first kappa shape index (κ1) is 13.6. The Morgan fingerprint density at radius 1 is 1.21 bits per heavy atom.